The van der Waals surface area contributed by atoms with Gasteiger partial charge in [0.05, 0.1) is 27.2 Å². The Balaban J connectivity index is 2.00. The molecular formula is C25H32N2O5. The van der Waals surface area contributed by atoms with Crippen LogP contribution in [0.1, 0.15) is 34.3 Å². The zero-order chi connectivity index (χ0) is 23.4. The number of aryl methyl sites for hydroxylation is 1. The lowest BCUT2D eigenvalue weighted by Gasteiger charge is -2.24. The van der Waals surface area contributed by atoms with E-state index in [2.05, 4.69) is 0 Å². The van der Waals surface area contributed by atoms with E-state index in [9.17, 15) is 9.59 Å². The van der Waals surface area contributed by atoms with Crippen LogP contribution < -0.4 is 14.2 Å². The maximum Gasteiger partial charge on any atom is 0.253 e. The molecular weight excluding hydrogens is 408 g/mol. The number of benzene rings is 2. The lowest BCUT2D eigenvalue weighted by atomic mass is 9.87. The molecule has 2 aromatic carbocycles. The van der Waals surface area contributed by atoms with Crippen molar-refractivity contribution in [2.75, 3.05) is 48.0 Å². The van der Waals surface area contributed by atoms with Gasteiger partial charge in [0, 0.05) is 38.2 Å². The number of carbonyl (C=O) groups excluding carboxylic acids is 2. The third-order valence-electron chi connectivity index (χ3n) is 6.19. The van der Waals surface area contributed by atoms with Crippen LogP contribution in [0.15, 0.2) is 36.4 Å². The molecule has 7 nitrogen and oxygen atoms in total. The van der Waals surface area contributed by atoms with Crippen LogP contribution in [0.4, 0.5) is 0 Å². The number of hydrogen-bond acceptors (Lipinski definition) is 5. The Hall–Kier alpha value is -3.22. The minimum absolute atomic E-state index is 0.0189. The van der Waals surface area contributed by atoms with Gasteiger partial charge >= 0.3 is 0 Å². The fraction of sp³-hybridized carbons (Fsp3) is 0.440. The zero-order valence-corrected chi connectivity index (χ0v) is 19.7. The number of nitrogens with zero attached hydrogens (tertiary/aromatic N) is 2. The third kappa shape index (κ3) is 4.52. The van der Waals surface area contributed by atoms with Crippen LogP contribution in [0.5, 0.6) is 17.2 Å². The van der Waals surface area contributed by atoms with Gasteiger partial charge in [0.2, 0.25) is 11.7 Å². The van der Waals surface area contributed by atoms with Gasteiger partial charge in [-0.15, -0.1) is 0 Å². The summed E-state index contributed by atoms with van der Waals surface area (Å²) in [5, 5.41) is 0. The SMILES string of the molecule is CCN(C)C(=O)[C@H]1CN(C(=O)c2ccc(C)cc2)C[C@@H]1c1cc(OC)c(OC)c(OC)c1. The molecule has 0 N–H and O–H groups in total. The van der Waals surface area contributed by atoms with Gasteiger partial charge in [-0.25, -0.2) is 0 Å². The molecule has 0 unspecified atom stereocenters. The molecule has 2 aromatic rings. The number of amides is 2. The van der Waals surface area contributed by atoms with Crippen LogP contribution in [-0.2, 0) is 4.79 Å². The van der Waals surface area contributed by atoms with E-state index >= 15 is 0 Å². The molecule has 0 aliphatic carbocycles. The van der Waals surface area contributed by atoms with Crippen LogP contribution in [-0.4, -0.2) is 69.6 Å². The van der Waals surface area contributed by atoms with Crippen molar-refractivity contribution in [1.82, 2.24) is 9.80 Å². The van der Waals surface area contributed by atoms with Gasteiger partial charge in [0.25, 0.3) is 5.91 Å². The number of rotatable bonds is 7. The number of hydrogen-bond donors (Lipinski definition) is 0. The molecule has 1 aliphatic heterocycles. The lowest BCUT2D eigenvalue weighted by Crippen LogP contribution is -2.36. The number of methoxy groups -OCH3 is 3. The largest absolute Gasteiger partial charge is 0.493 e. The molecule has 1 saturated heterocycles. The van der Waals surface area contributed by atoms with E-state index in [1.165, 1.54) is 0 Å². The predicted octanol–water partition coefficient (Wildman–Crippen LogP) is 3.35. The molecule has 1 heterocycles. The highest BCUT2D eigenvalue weighted by molar-refractivity contribution is 5.95. The second kappa shape index (κ2) is 9.94. The molecule has 0 spiro atoms. The zero-order valence-electron chi connectivity index (χ0n) is 19.7. The van der Waals surface area contributed by atoms with E-state index in [4.69, 9.17) is 14.2 Å². The molecule has 172 valence electrons. The van der Waals surface area contributed by atoms with Crippen molar-refractivity contribution < 1.29 is 23.8 Å². The fourth-order valence-corrected chi connectivity index (χ4v) is 4.19. The van der Waals surface area contributed by atoms with E-state index in [-0.39, 0.29) is 23.7 Å². The van der Waals surface area contributed by atoms with Crippen molar-refractivity contribution >= 4 is 11.8 Å². The highest BCUT2D eigenvalue weighted by Gasteiger charge is 2.42. The molecule has 0 saturated carbocycles. The van der Waals surface area contributed by atoms with Crippen molar-refractivity contribution in [3.8, 4) is 17.2 Å². The van der Waals surface area contributed by atoms with Gasteiger partial charge in [0.1, 0.15) is 0 Å². The van der Waals surface area contributed by atoms with Crippen molar-refractivity contribution in [3.63, 3.8) is 0 Å². The van der Waals surface area contributed by atoms with Crippen LogP contribution >= 0.6 is 0 Å². The van der Waals surface area contributed by atoms with Crippen molar-refractivity contribution in [3.05, 3.63) is 53.1 Å². The first-order chi connectivity index (χ1) is 15.3. The highest BCUT2D eigenvalue weighted by atomic mass is 16.5. The Morgan fingerprint density at radius 1 is 1.00 bits per heavy atom. The van der Waals surface area contributed by atoms with Gasteiger partial charge in [-0.1, -0.05) is 17.7 Å². The monoisotopic (exact) mass is 440 g/mol. The van der Waals surface area contributed by atoms with Crippen LogP contribution in [0.2, 0.25) is 0 Å². The molecule has 3 rings (SSSR count). The molecule has 0 bridgehead atoms. The quantitative estimate of drug-likeness (QED) is 0.661. The normalized spacial score (nSPS) is 17.8. The fourth-order valence-electron chi connectivity index (χ4n) is 4.19. The van der Waals surface area contributed by atoms with E-state index in [1.807, 2.05) is 50.2 Å². The second-order valence-corrected chi connectivity index (χ2v) is 8.10. The van der Waals surface area contributed by atoms with Crippen LogP contribution in [0.3, 0.4) is 0 Å². The predicted molar refractivity (Wildman–Crippen MR) is 123 cm³/mol. The molecule has 7 heteroatoms. The topological polar surface area (TPSA) is 68.3 Å². The van der Waals surface area contributed by atoms with E-state index in [1.54, 1.807) is 38.2 Å². The van der Waals surface area contributed by atoms with Gasteiger partial charge in [-0.3, -0.25) is 9.59 Å². The number of likely N-dealkylation sites (tertiary alicyclic amines) is 1. The average molecular weight is 441 g/mol. The summed E-state index contributed by atoms with van der Waals surface area (Å²) in [5.41, 5.74) is 2.59. The summed E-state index contributed by atoms with van der Waals surface area (Å²) in [6.07, 6.45) is 0. The minimum atomic E-state index is -0.364. The summed E-state index contributed by atoms with van der Waals surface area (Å²) in [6.45, 7) is 5.32. The lowest BCUT2D eigenvalue weighted by molar-refractivity contribution is -0.133. The third-order valence-corrected chi connectivity index (χ3v) is 6.19. The average Bonchev–Trinajstić information content (AvgIpc) is 3.27. The summed E-state index contributed by atoms with van der Waals surface area (Å²) in [4.78, 5) is 29.9. The van der Waals surface area contributed by atoms with Crippen molar-refractivity contribution in [2.24, 2.45) is 5.92 Å². The van der Waals surface area contributed by atoms with Gasteiger partial charge in [-0.2, -0.15) is 0 Å². The second-order valence-electron chi connectivity index (χ2n) is 8.10. The van der Waals surface area contributed by atoms with E-state index in [0.29, 0.717) is 42.4 Å². The summed E-state index contributed by atoms with van der Waals surface area (Å²) < 4.78 is 16.5. The minimum Gasteiger partial charge on any atom is -0.493 e. The summed E-state index contributed by atoms with van der Waals surface area (Å²) >= 11 is 0. The molecule has 1 aliphatic rings. The molecule has 1 fully saturated rings. The highest BCUT2D eigenvalue weighted by Crippen LogP contribution is 2.43. The molecule has 0 aromatic heterocycles. The Labute approximate surface area is 189 Å². The summed E-state index contributed by atoms with van der Waals surface area (Å²) in [5.74, 6) is 0.942. The number of ether oxygens (including phenoxy) is 3. The smallest absolute Gasteiger partial charge is 0.253 e. The summed E-state index contributed by atoms with van der Waals surface area (Å²) in [6, 6.07) is 11.3. The first-order valence-electron chi connectivity index (χ1n) is 10.7. The Bertz CT molecular complexity index is 948. The first-order valence-corrected chi connectivity index (χ1v) is 10.7. The standard InChI is InChI=1S/C25H32N2O5/c1-7-26(3)25(29)20-15-27(24(28)17-10-8-16(2)9-11-17)14-19(20)18-12-21(30-4)23(32-6)22(13-18)31-5/h8-13,19-20H,7,14-15H2,1-6H3/t19-,20+/m1/s1. The number of carbonyl (C=O) groups is 2. The van der Waals surface area contributed by atoms with Gasteiger partial charge in [-0.05, 0) is 43.7 Å². The van der Waals surface area contributed by atoms with Crippen LogP contribution in [0, 0.1) is 12.8 Å². The maximum atomic E-state index is 13.2. The first kappa shape index (κ1) is 23.4. The van der Waals surface area contributed by atoms with Crippen molar-refractivity contribution in [2.45, 2.75) is 19.8 Å². The van der Waals surface area contributed by atoms with Crippen LogP contribution in [0.25, 0.3) is 0 Å². The molecule has 2 atom stereocenters. The Kier molecular flexibility index (Phi) is 7.28. The Morgan fingerprint density at radius 3 is 2.09 bits per heavy atom. The van der Waals surface area contributed by atoms with E-state index in [0.717, 1.165) is 11.1 Å². The van der Waals surface area contributed by atoms with Crippen molar-refractivity contribution in [1.29, 1.82) is 0 Å². The summed E-state index contributed by atoms with van der Waals surface area (Å²) in [7, 11) is 6.48. The van der Waals surface area contributed by atoms with E-state index < -0.39 is 0 Å². The molecule has 32 heavy (non-hydrogen) atoms. The molecule has 0 radical (unpaired) electrons. The molecule has 2 amide bonds. The van der Waals surface area contributed by atoms with Gasteiger partial charge < -0.3 is 24.0 Å². The van der Waals surface area contributed by atoms with Gasteiger partial charge in [0.15, 0.2) is 11.5 Å². The maximum absolute atomic E-state index is 13.2. The Morgan fingerprint density at radius 2 is 1.59 bits per heavy atom.